The molecule has 4 heteroatoms. The van der Waals surface area contributed by atoms with Crippen LogP contribution in [0.4, 0.5) is 0 Å². The molecule has 1 aromatic rings. The Hall–Kier alpha value is -0.220. The van der Waals surface area contributed by atoms with Crippen LogP contribution in [0.2, 0.25) is 0 Å². The van der Waals surface area contributed by atoms with Gasteiger partial charge in [0, 0.05) is 12.2 Å². The van der Waals surface area contributed by atoms with Crippen molar-refractivity contribution in [2.75, 3.05) is 12.0 Å². The van der Waals surface area contributed by atoms with E-state index in [-0.39, 0.29) is 5.78 Å². The fourth-order valence-electron chi connectivity index (χ4n) is 0.823. The van der Waals surface area contributed by atoms with Crippen LogP contribution < -0.4 is 0 Å². The van der Waals surface area contributed by atoms with E-state index in [0.717, 1.165) is 5.75 Å². The zero-order chi connectivity index (χ0) is 8.97. The largest absolute Gasteiger partial charge is 0.457 e. The van der Waals surface area contributed by atoms with Crippen molar-refractivity contribution < 1.29 is 9.21 Å². The molecule has 0 bridgehead atoms. The molecule has 0 aliphatic heterocycles. The number of ketones is 1. The number of furan rings is 1. The van der Waals surface area contributed by atoms with Crippen molar-refractivity contribution in [3.05, 3.63) is 22.6 Å². The standard InChI is InChI=1S/C8H9BrO2S/c1-12-5-3-7(10)6-2-4-11-8(6)9/h2,4H,3,5H2,1H3. The van der Waals surface area contributed by atoms with Gasteiger partial charge in [-0.15, -0.1) is 0 Å². The average Bonchev–Trinajstić information content (AvgIpc) is 2.47. The first kappa shape index (κ1) is 9.86. The number of carbonyl (C=O) groups excluding carboxylic acids is 1. The molecule has 0 aliphatic rings. The van der Waals surface area contributed by atoms with E-state index in [1.54, 1.807) is 17.8 Å². The molecule has 0 radical (unpaired) electrons. The second-order valence-electron chi connectivity index (χ2n) is 2.27. The molecule has 0 spiro atoms. The number of rotatable bonds is 4. The molecule has 0 N–H and O–H groups in total. The van der Waals surface area contributed by atoms with Crippen LogP contribution in [0.25, 0.3) is 0 Å². The number of halogens is 1. The minimum Gasteiger partial charge on any atom is -0.457 e. The van der Waals surface area contributed by atoms with Gasteiger partial charge in [0.25, 0.3) is 0 Å². The third-order valence-corrected chi connectivity index (χ3v) is 2.68. The summed E-state index contributed by atoms with van der Waals surface area (Å²) in [5.74, 6) is 0.987. The van der Waals surface area contributed by atoms with Gasteiger partial charge in [0.05, 0.1) is 11.8 Å². The number of hydrogen-bond acceptors (Lipinski definition) is 3. The van der Waals surface area contributed by atoms with Crippen LogP contribution in [-0.4, -0.2) is 17.8 Å². The molecule has 1 aromatic heterocycles. The number of carbonyl (C=O) groups is 1. The van der Waals surface area contributed by atoms with Gasteiger partial charge >= 0.3 is 0 Å². The molecular weight excluding hydrogens is 240 g/mol. The lowest BCUT2D eigenvalue weighted by molar-refractivity contribution is 0.0988. The van der Waals surface area contributed by atoms with E-state index < -0.39 is 0 Å². The normalized spacial score (nSPS) is 10.2. The Bertz CT molecular complexity index is 270. The van der Waals surface area contributed by atoms with Crippen molar-refractivity contribution >= 4 is 33.5 Å². The summed E-state index contributed by atoms with van der Waals surface area (Å²) in [6, 6.07) is 1.69. The van der Waals surface area contributed by atoms with Gasteiger partial charge in [-0.25, -0.2) is 0 Å². The molecule has 0 amide bonds. The van der Waals surface area contributed by atoms with Crippen LogP contribution in [0.3, 0.4) is 0 Å². The fraction of sp³-hybridized carbons (Fsp3) is 0.375. The molecular formula is C8H9BrO2S. The zero-order valence-corrected chi connectivity index (χ0v) is 9.07. The van der Waals surface area contributed by atoms with Gasteiger partial charge in [-0.1, -0.05) is 0 Å². The SMILES string of the molecule is CSCCC(=O)c1ccoc1Br. The first-order chi connectivity index (χ1) is 5.75. The second-order valence-corrected chi connectivity index (χ2v) is 3.98. The summed E-state index contributed by atoms with van der Waals surface area (Å²) in [7, 11) is 0. The summed E-state index contributed by atoms with van der Waals surface area (Å²) in [4.78, 5) is 11.4. The first-order valence-electron chi connectivity index (χ1n) is 3.51. The highest BCUT2D eigenvalue weighted by molar-refractivity contribution is 9.10. The summed E-state index contributed by atoms with van der Waals surface area (Å²) in [6.45, 7) is 0. The Morgan fingerprint density at radius 3 is 3.00 bits per heavy atom. The Morgan fingerprint density at radius 2 is 2.50 bits per heavy atom. The van der Waals surface area contributed by atoms with Gasteiger partial charge < -0.3 is 4.42 Å². The number of thioether (sulfide) groups is 1. The van der Waals surface area contributed by atoms with Gasteiger partial charge in [0.1, 0.15) is 0 Å². The summed E-state index contributed by atoms with van der Waals surface area (Å²) >= 11 is 4.83. The third-order valence-electron chi connectivity index (χ3n) is 1.45. The minimum atomic E-state index is 0.130. The maximum Gasteiger partial charge on any atom is 0.179 e. The van der Waals surface area contributed by atoms with Crippen molar-refractivity contribution in [1.82, 2.24) is 0 Å². The number of hydrogen-bond donors (Lipinski definition) is 0. The predicted molar refractivity (Wildman–Crippen MR) is 53.7 cm³/mol. The van der Waals surface area contributed by atoms with Gasteiger partial charge in [0.15, 0.2) is 10.5 Å². The molecule has 0 fully saturated rings. The summed E-state index contributed by atoms with van der Waals surface area (Å²) < 4.78 is 5.49. The molecule has 0 aromatic carbocycles. The van der Waals surface area contributed by atoms with E-state index in [0.29, 0.717) is 16.7 Å². The van der Waals surface area contributed by atoms with E-state index in [2.05, 4.69) is 15.9 Å². The molecule has 0 saturated heterocycles. The molecule has 0 atom stereocenters. The molecule has 0 unspecified atom stereocenters. The molecule has 12 heavy (non-hydrogen) atoms. The maximum absolute atomic E-state index is 11.4. The lowest BCUT2D eigenvalue weighted by Gasteiger charge is -1.95. The Balaban J connectivity index is 2.59. The van der Waals surface area contributed by atoms with Gasteiger partial charge in [-0.3, -0.25) is 4.79 Å². The molecule has 0 aliphatic carbocycles. The highest BCUT2D eigenvalue weighted by Gasteiger charge is 2.11. The number of Topliss-reactive ketones (excluding diaryl/α,β-unsaturated/α-hetero) is 1. The average molecular weight is 249 g/mol. The fourth-order valence-corrected chi connectivity index (χ4v) is 1.67. The van der Waals surface area contributed by atoms with E-state index >= 15 is 0 Å². The highest BCUT2D eigenvalue weighted by Crippen LogP contribution is 2.19. The Kier molecular flexibility index (Phi) is 3.88. The highest BCUT2D eigenvalue weighted by atomic mass is 79.9. The van der Waals surface area contributed by atoms with E-state index in [1.807, 2.05) is 6.26 Å². The topological polar surface area (TPSA) is 30.2 Å². The third kappa shape index (κ3) is 2.38. The molecule has 66 valence electrons. The maximum atomic E-state index is 11.4. The molecule has 2 nitrogen and oxygen atoms in total. The lowest BCUT2D eigenvalue weighted by atomic mass is 10.2. The van der Waals surface area contributed by atoms with Gasteiger partial charge in [-0.2, -0.15) is 11.8 Å². The second kappa shape index (κ2) is 4.72. The predicted octanol–water partition coefficient (Wildman–Crippen LogP) is 2.98. The molecule has 1 rings (SSSR count). The van der Waals surface area contributed by atoms with Crippen LogP contribution in [0.15, 0.2) is 21.4 Å². The van der Waals surface area contributed by atoms with Crippen LogP contribution in [0.1, 0.15) is 16.8 Å². The minimum absolute atomic E-state index is 0.130. The van der Waals surface area contributed by atoms with Gasteiger partial charge in [-0.05, 0) is 28.3 Å². The Morgan fingerprint density at radius 1 is 1.75 bits per heavy atom. The summed E-state index contributed by atoms with van der Waals surface area (Å²) in [5.41, 5.74) is 0.643. The van der Waals surface area contributed by atoms with Gasteiger partial charge in [0.2, 0.25) is 0 Å². The van der Waals surface area contributed by atoms with Crippen LogP contribution in [-0.2, 0) is 0 Å². The van der Waals surface area contributed by atoms with Crippen molar-refractivity contribution in [2.45, 2.75) is 6.42 Å². The van der Waals surface area contributed by atoms with E-state index in [1.165, 1.54) is 6.26 Å². The molecule has 1 heterocycles. The van der Waals surface area contributed by atoms with Crippen molar-refractivity contribution in [3.63, 3.8) is 0 Å². The summed E-state index contributed by atoms with van der Waals surface area (Å²) in [5, 5.41) is 0. The van der Waals surface area contributed by atoms with Crippen LogP contribution in [0.5, 0.6) is 0 Å². The monoisotopic (exact) mass is 248 g/mol. The smallest absolute Gasteiger partial charge is 0.179 e. The van der Waals surface area contributed by atoms with E-state index in [9.17, 15) is 4.79 Å². The van der Waals surface area contributed by atoms with Crippen molar-refractivity contribution in [3.8, 4) is 0 Å². The Labute approximate surface area is 83.8 Å². The zero-order valence-electron chi connectivity index (χ0n) is 6.67. The van der Waals surface area contributed by atoms with Crippen LogP contribution >= 0.6 is 27.7 Å². The first-order valence-corrected chi connectivity index (χ1v) is 5.69. The van der Waals surface area contributed by atoms with E-state index in [4.69, 9.17) is 4.42 Å². The quantitative estimate of drug-likeness (QED) is 0.768. The van der Waals surface area contributed by atoms with Crippen molar-refractivity contribution in [1.29, 1.82) is 0 Å². The lowest BCUT2D eigenvalue weighted by Crippen LogP contribution is -1.99. The molecule has 0 saturated carbocycles. The summed E-state index contributed by atoms with van der Waals surface area (Å²) in [6.07, 6.45) is 4.06. The van der Waals surface area contributed by atoms with Crippen LogP contribution in [0, 0.1) is 0 Å². The van der Waals surface area contributed by atoms with Crippen molar-refractivity contribution in [2.24, 2.45) is 0 Å².